The predicted molar refractivity (Wildman–Crippen MR) is 77.4 cm³/mol. The average molecular weight is 295 g/mol. The molecule has 0 aromatic carbocycles. The van der Waals surface area contributed by atoms with E-state index in [9.17, 15) is 14.3 Å². The van der Waals surface area contributed by atoms with Crippen LogP contribution >= 0.6 is 0 Å². The summed E-state index contributed by atoms with van der Waals surface area (Å²) in [5.41, 5.74) is -0.913. The second kappa shape index (κ2) is 6.49. The van der Waals surface area contributed by atoms with Crippen molar-refractivity contribution in [3.05, 3.63) is 29.8 Å². The Morgan fingerprint density at radius 1 is 1.52 bits per heavy atom. The van der Waals surface area contributed by atoms with Crippen molar-refractivity contribution in [3.63, 3.8) is 0 Å². The Balaban J connectivity index is 2.06. The minimum atomic E-state index is -0.688. The SMILES string of the molecule is CC(C)N1CCC(CO)(NC(=O)c2ncccc2F)CC1. The number of pyridine rings is 1. The number of aliphatic hydroxyl groups is 1. The normalized spacial score (nSPS) is 18.7. The Labute approximate surface area is 124 Å². The van der Waals surface area contributed by atoms with E-state index in [1.54, 1.807) is 0 Å². The molecule has 1 aliphatic heterocycles. The Bertz CT molecular complexity index is 499. The van der Waals surface area contributed by atoms with Crippen LogP contribution in [0.4, 0.5) is 4.39 Å². The molecule has 5 nitrogen and oxygen atoms in total. The van der Waals surface area contributed by atoms with Gasteiger partial charge in [0.05, 0.1) is 12.1 Å². The fraction of sp³-hybridized carbons (Fsp3) is 0.600. The van der Waals surface area contributed by atoms with Crippen molar-refractivity contribution in [2.24, 2.45) is 0 Å². The lowest BCUT2D eigenvalue weighted by Gasteiger charge is -2.42. The molecule has 0 radical (unpaired) electrons. The van der Waals surface area contributed by atoms with Crippen molar-refractivity contribution in [2.45, 2.75) is 38.3 Å². The second-order valence-electron chi connectivity index (χ2n) is 5.86. The van der Waals surface area contributed by atoms with E-state index >= 15 is 0 Å². The maximum atomic E-state index is 13.6. The first-order chi connectivity index (χ1) is 9.97. The quantitative estimate of drug-likeness (QED) is 0.875. The number of aliphatic hydroxyl groups excluding tert-OH is 1. The Kier molecular flexibility index (Phi) is 4.90. The summed E-state index contributed by atoms with van der Waals surface area (Å²) in [7, 11) is 0. The van der Waals surface area contributed by atoms with Crippen LogP contribution in [-0.2, 0) is 0 Å². The standard InChI is InChI=1S/C15H22FN3O2/c1-11(2)19-8-5-15(10-20,6-9-19)18-14(21)13-12(16)4-3-7-17-13/h3-4,7,11,20H,5-6,8-10H2,1-2H3,(H,18,21). The maximum Gasteiger partial charge on any atom is 0.273 e. The number of hydrogen-bond donors (Lipinski definition) is 2. The van der Waals surface area contributed by atoms with Gasteiger partial charge in [0.25, 0.3) is 5.91 Å². The lowest BCUT2D eigenvalue weighted by atomic mass is 9.87. The van der Waals surface area contributed by atoms with Crippen LogP contribution in [0.3, 0.4) is 0 Å². The van der Waals surface area contributed by atoms with Gasteiger partial charge in [-0.2, -0.15) is 0 Å². The van der Waals surface area contributed by atoms with Crippen molar-refractivity contribution >= 4 is 5.91 Å². The van der Waals surface area contributed by atoms with Crippen LogP contribution < -0.4 is 5.32 Å². The van der Waals surface area contributed by atoms with E-state index < -0.39 is 17.3 Å². The van der Waals surface area contributed by atoms with Gasteiger partial charge in [-0.3, -0.25) is 4.79 Å². The van der Waals surface area contributed by atoms with Crippen LogP contribution in [0.2, 0.25) is 0 Å². The number of carbonyl (C=O) groups excluding carboxylic acids is 1. The van der Waals surface area contributed by atoms with Crippen molar-refractivity contribution in [2.75, 3.05) is 19.7 Å². The number of amides is 1. The molecule has 0 spiro atoms. The van der Waals surface area contributed by atoms with E-state index in [2.05, 4.69) is 29.0 Å². The van der Waals surface area contributed by atoms with E-state index in [-0.39, 0.29) is 12.3 Å². The minimum absolute atomic E-state index is 0.154. The molecule has 1 saturated heterocycles. The van der Waals surface area contributed by atoms with E-state index in [0.29, 0.717) is 18.9 Å². The minimum Gasteiger partial charge on any atom is -0.394 e. The number of rotatable bonds is 4. The molecule has 2 N–H and O–H groups in total. The third-order valence-corrected chi connectivity index (χ3v) is 4.14. The van der Waals surface area contributed by atoms with Crippen LogP contribution in [0.5, 0.6) is 0 Å². The van der Waals surface area contributed by atoms with Gasteiger partial charge in [-0.25, -0.2) is 9.37 Å². The molecule has 2 rings (SSSR count). The first-order valence-corrected chi connectivity index (χ1v) is 7.25. The number of nitrogens with one attached hydrogen (secondary N) is 1. The van der Waals surface area contributed by atoms with Gasteiger partial charge >= 0.3 is 0 Å². The van der Waals surface area contributed by atoms with E-state index in [0.717, 1.165) is 13.1 Å². The molecule has 1 aliphatic rings. The number of nitrogens with zero attached hydrogens (tertiary/aromatic N) is 2. The largest absolute Gasteiger partial charge is 0.394 e. The lowest BCUT2D eigenvalue weighted by Crippen LogP contribution is -2.58. The van der Waals surface area contributed by atoms with Crippen LogP contribution in [0, 0.1) is 5.82 Å². The third kappa shape index (κ3) is 3.57. The molecule has 2 heterocycles. The monoisotopic (exact) mass is 295 g/mol. The summed E-state index contributed by atoms with van der Waals surface area (Å²) < 4.78 is 13.6. The van der Waals surface area contributed by atoms with Gasteiger partial charge in [-0.15, -0.1) is 0 Å². The molecule has 0 saturated carbocycles. The fourth-order valence-corrected chi connectivity index (χ4v) is 2.64. The van der Waals surface area contributed by atoms with Crippen molar-refractivity contribution in [3.8, 4) is 0 Å². The number of hydrogen-bond acceptors (Lipinski definition) is 4. The van der Waals surface area contributed by atoms with Gasteiger partial charge in [0.15, 0.2) is 11.5 Å². The summed E-state index contributed by atoms with van der Waals surface area (Å²) in [6.07, 6.45) is 2.66. The average Bonchev–Trinajstić information content (AvgIpc) is 2.48. The predicted octanol–water partition coefficient (Wildman–Crippen LogP) is 1.19. The summed E-state index contributed by atoms with van der Waals surface area (Å²) in [6.45, 7) is 5.67. The van der Waals surface area contributed by atoms with Gasteiger partial charge < -0.3 is 15.3 Å². The van der Waals surface area contributed by atoms with Crippen LogP contribution in [0.1, 0.15) is 37.2 Å². The highest BCUT2D eigenvalue weighted by Crippen LogP contribution is 2.23. The molecule has 21 heavy (non-hydrogen) atoms. The first kappa shape index (κ1) is 15.9. The summed E-state index contributed by atoms with van der Waals surface area (Å²) >= 11 is 0. The molecule has 0 bridgehead atoms. The van der Waals surface area contributed by atoms with E-state index in [4.69, 9.17) is 0 Å². The molecular formula is C15H22FN3O2. The lowest BCUT2D eigenvalue weighted by molar-refractivity contribution is 0.0542. The summed E-state index contributed by atoms with van der Waals surface area (Å²) in [5.74, 6) is -1.22. The highest BCUT2D eigenvalue weighted by atomic mass is 19.1. The number of carbonyl (C=O) groups is 1. The van der Waals surface area contributed by atoms with Crippen molar-refractivity contribution < 1.29 is 14.3 Å². The zero-order valence-electron chi connectivity index (χ0n) is 12.5. The van der Waals surface area contributed by atoms with Gasteiger partial charge in [-0.1, -0.05) is 0 Å². The molecule has 1 amide bonds. The Hall–Kier alpha value is -1.53. The van der Waals surface area contributed by atoms with E-state index in [1.807, 2.05) is 0 Å². The molecular weight excluding hydrogens is 273 g/mol. The first-order valence-electron chi connectivity index (χ1n) is 7.25. The maximum absolute atomic E-state index is 13.6. The molecule has 1 aromatic rings. The second-order valence-corrected chi connectivity index (χ2v) is 5.86. The molecule has 6 heteroatoms. The number of piperidine rings is 1. The van der Waals surface area contributed by atoms with Crippen LogP contribution in [-0.4, -0.2) is 52.2 Å². The molecule has 116 valence electrons. The fourth-order valence-electron chi connectivity index (χ4n) is 2.64. The van der Waals surface area contributed by atoms with Crippen LogP contribution in [0.25, 0.3) is 0 Å². The Morgan fingerprint density at radius 2 is 2.19 bits per heavy atom. The molecule has 0 atom stereocenters. The Morgan fingerprint density at radius 3 is 2.71 bits per heavy atom. The van der Waals surface area contributed by atoms with E-state index in [1.165, 1.54) is 18.3 Å². The highest BCUT2D eigenvalue weighted by molar-refractivity contribution is 5.93. The number of aromatic nitrogens is 1. The van der Waals surface area contributed by atoms with Crippen LogP contribution in [0.15, 0.2) is 18.3 Å². The molecule has 1 aromatic heterocycles. The van der Waals surface area contributed by atoms with Crippen molar-refractivity contribution in [1.82, 2.24) is 15.2 Å². The summed E-state index contributed by atoms with van der Waals surface area (Å²) in [5, 5.41) is 12.5. The molecule has 1 fully saturated rings. The zero-order chi connectivity index (χ0) is 15.5. The van der Waals surface area contributed by atoms with Gasteiger partial charge in [0.1, 0.15) is 0 Å². The smallest absolute Gasteiger partial charge is 0.273 e. The topological polar surface area (TPSA) is 65.5 Å². The van der Waals surface area contributed by atoms with Crippen molar-refractivity contribution in [1.29, 1.82) is 0 Å². The van der Waals surface area contributed by atoms with Gasteiger partial charge in [-0.05, 0) is 38.8 Å². The third-order valence-electron chi connectivity index (χ3n) is 4.14. The zero-order valence-corrected chi connectivity index (χ0v) is 12.5. The van der Waals surface area contributed by atoms with Gasteiger partial charge in [0.2, 0.25) is 0 Å². The van der Waals surface area contributed by atoms with Gasteiger partial charge in [0, 0.05) is 25.3 Å². The highest BCUT2D eigenvalue weighted by Gasteiger charge is 2.36. The molecule has 0 aliphatic carbocycles. The number of likely N-dealkylation sites (tertiary alicyclic amines) is 1. The molecule has 0 unspecified atom stereocenters. The summed E-state index contributed by atoms with van der Waals surface area (Å²) in [6, 6.07) is 3.08. The number of halogens is 1. The summed E-state index contributed by atoms with van der Waals surface area (Å²) in [4.78, 5) is 18.2.